The van der Waals surface area contributed by atoms with Crippen molar-refractivity contribution in [2.24, 2.45) is 5.73 Å². The molecule has 2 aromatic rings. The number of aromatic nitrogens is 2. The molecule has 0 aliphatic rings. The second kappa shape index (κ2) is 6.12. The first kappa shape index (κ1) is 11.8. The van der Waals surface area contributed by atoms with Gasteiger partial charge in [-0.1, -0.05) is 35.5 Å². The van der Waals surface area contributed by atoms with E-state index in [9.17, 15) is 0 Å². The fourth-order valence-electron chi connectivity index (χ4n) is 1.70. The van der Waals surface area contributed by atoms with Crippen LogP contribution in [0.2, 0.25) is 0 Å². The van der Waals surface area contributed by atoms with Gasteiger partial charge in [0.25, 0.3) is 0 Å². The van der Waals surface area contributed by atoms with Crippen LogP contribution in [0.3, 0.4) is 0 Å². The van der Waals surface area contributed by atoms with Crippen molar-refractivity contribution in [3.63, 3.8) is 0 Å². The minimum atomic E-state index is 0.616. The normalized spacial score (nSPS) is 10.9. The van der Waals surface area contributed by atoms with Crippen molar-refractivity contribution in [2.75, 3.05) is 13.1 Å². The van der Waals surface area contributed by atoms with E-state index >= 15 is 0 Å². The fraction of sp³-hybridized carbons (Fsp3) is 0.333. The third kappa shape index (κ3) is 3.65. The predicted molar refractivity (Wildman–Crippen MR) is 63.9 cm³/mol. The average molecular weight is 232 g/mol. The zero-order valence-corrected chi connectivity index (χ0v) is 9.62. The Labute approximate surface area is 100 Å². The molecule has 1 heterocycles. The highest BCUT2D eigenvalue weighted by Crippen LogP contribution is 2.06. The average Bonchev–Trinajstić information content (AvgIpc) is 2.83. The molecular formula is C12H16N4O. The first-order valence-electron chi connectivity index (χ1n) is 5.60. The first-order valence-corrected chi connectivity index (χ1v) is 5.60. The van der Waals surface area contributed by atoms with Crippen LogP contribution in [0.4, 0.5) is 0 Å². The number of benzene rings is 1. The minimum Gasteiger partial charge on any atom is -0.343 e. The summed E-state index contributed by atoms with van der Waals surface area (Å²) in [6.07, 6.45) is 1.35. The Kier molecular flexibility index (Phi) is 4.23. The third-order valence-corrected chi connectivity index (χ3v) is 2.47. The highest BCUT2D eigenvalue weighted by Gasteiger charge is 2.08. The number of nitrogens with zero attached hydrogens (tertiary/aromatic N) is 3. The lowest BCUT2D eigenvalue weighted by atomic mass is 10.2. The molecule has 1 aromatic heterocycles. The van der Waals surface area contributed by atoms with E-state index in [0.29, 0.717) is 18.9 Å². The summed E-state index contributed by atoms with van der Waals surface area (Å²) in [5, 5.41) is 3.81. The second-order valence-corrected chi connectivity index (χ2v) is 3.83. The van der Waals surface area contributed by atoms with Crippen LogP contribution < -0.4 is 5.73 Å². The number of hydrogen-bond donors (Lipinski definition) is 1. The smallest absolute Gasteiger partial charge is 0.213 e. The Morgan fingerprint density at radius 2 is 2.00 bits per heavy atom. The molecule has 0 aliphatic heterocycles. The van der Waals surface area contributed by atoms with Gasteiger partial charge in [-0.2, -0.15) is 4.98 Å². The van der Waals surface area contributed by atoms with Gasteiger partial charge in [-0.3, -0.25) is 4.90 Å². The Morgan fingerprint density at radius 1 is 1.18 bits per heavy atom. The van der Waals surface area contributed by atoms with E-state index in [4.69, 9.17) is 10.3 Å². The van der Waals surface area contributed by atoms with Crippen molar-refractivity contribution >= 4 is 0 Å². The van der Waals surface area contributed by atoms with Crippen LogP contribution in [0.15, 0.2) is 41.2 Å². The van der Waals surface area contributed by atoms with Crippen molar-refractivity contribution in [3.8, 4) is 0 Å². The van der Waals surface area contributed by atoms with Crippen LogP contribution in [0, 0.1) is 0 Å². The summed E-state index contributed by atoms with van der Waals surface area (Å²) in [4.78, 5) is 6.21. The summed E-state index contributed by atoms with van der Waals surface area (Å²) in [6, 6.07) is 10.3. The van der Waals surface area contributed by atoms with Gasteiger partial charge in [0.1, 0.15) is 0 Å². The Morgan fingerprint density at radius 3 is 2.65 bits per heavy atom. The number of nitrogens with two attached hydrogens (primary N) is 1. The largest absolute Gasteiger partial charge is 0.343 e. The van der Waals surface area contributed by atoms with Gasteiger partial charge in [0, 0.05) is 19.6 Å². The SMILES string of the molecule is NCCN(Cc1ccccc1)Cc1ncon1. The van der Waals surface area contributed by atoms with Gasteiger partial charge in [-0.25, -0.2) is 0 Å². The van der Waals surface area contributed by atoms with E-state index in [1.165, 1.54) is 12.0 Å². The molecular weight excluding hydrogens is 216 g/mol. The fourth-order valence-corrected chi connectivity index (χ4v) is 1.70. The quantitative estimate of drug-likeness (QED) is 0.805. The van der Waals surface area contributed by atoms with E-state index < -0.39 is 0 Å². The Bertz CT molecular complexity index is 415. The highest BCUT2D eigenvalue weighted by atomic mass is 16.5. The monoisotopic (exact) mass is 232 g/mol. The topological polar surface area (TPSA) is 68.2 Å². The van der Waals surface area contributed by atoms with Crippen molar-refractivity contribution in [1.82, 2.24) is 15.0 Å². The molecule has 0 saturated carbocycles. The molecule has 2 N–H and O–H groups in total. The molecule has 2 rings (SSSR count). The van der Waals surface area contributed by atoms with Crippen LogP contribution in [-0.4, -0.2) is 28.1 Å². The summed E-state index contributed by atoms with van der Waals surface area (Å²) < 4.78 is 4.72. The molecule has 0 saturated heterocycles. The maximum atomic E-state index is 5.61. The zero-order valence-electron chi connectivity index (χ0n) is 9.62. The predicted octanol–water partition coefficient (Wildman–Crippen LogP) is 1.03. The van der Waals surface area contributed by atoms with Crippen LogP contribution >= 0.6 is 0 Å². The Balaban J connectivity index is 1.97. The summed E-state index contributed by atoms with van der Waals surface area (Å²) in [7, 11) is 0. The zero-order chi connectivity index (χ0) is 11.9. The van der Waals surface area contributed by atoms with Gasteiger partial charge in [-0.05, 0) is 5.56 Å². The molecule has 0 unspecified atom stereocenters. The lowest BCUT2D eigenvalue weighted by Gasteiger charge is -2.19. The van der Waals surface area contributed by atoms with Gasteiger partial charge in [-0.15, -0.1) is 0 Å². The molecule has 90 valence electrons. The van der Waals surface area contributed by atoms with Gasteiger partial charge >= 0.3 is 0 Å². The van der Waals surface area contributed by atoms with Gasteiger partial charge < -0.3 is 10.3 Å². The molecule has 0 amide bonds. The van der Waals surface area contributed by atoms with E-state index in [-0.39, 0.29) is 0 Å². The van der Waals surface area contributed by atoms with E-state index in [2.05, 4.69) is 27.2 Å². The summed E-state index contributed by atoms with van der Waals surface area (Å²) in [5.74, 6) is 0.689. The molecule has 17 heavy (non-hydrogen) atoms. The lowest BCUT2D eigenvalue weighted by molar-refractivity contribution is 0.253. The molecule has 5 heteroatoms. The van der Waals surface area contributed by atoms with Crippen LogP contribution in [0.1, 0.15) is 11.4 Å². The molecule has 5 nitrogen and oxygen atoms in total. The number of rotatable bonds is 6. The summed E-state index contributed by atoms with van der Waals surface area (Å²) in [6.45, 7) is 2.92. The molecule has 1 aromatic carbocycles. The van der Waals surface area contributed by atoms with Gasteiger partial charge in [0.15, 0.2) is 5.82 Å². The molecule has 0 atom stereocenters. The van der Waals surface area contributed by atoms with Crippen molar-refractivity contribution in [1.29, 1.82) is 0 Å². The third-order valence-electron chi connectivity index (χ3n) is 2.47. The standard InChI is InChI=1S/C12H16N4O/c13-6-7-16(9-12-14-10-17-15-12)8-11-4-2-1-3-5-11/h1-5,10H,6-9,13H2. The molecule has 0 aliphatic carbocycles. The molecule has 0 bridgehead atoms. The molecule has 0 spiro atoms. The van der Waals surface area contributed by atoms with Gasteiger partial charge in [0.2, 0.25) is 6.39 Å². The van der Waals surface area contributed by atoms with Crippen LogP contribution in [0.25, 0.3) is 0 Å². The van der Waals surface area contributed by atoms with Crippen LogP contribution in [-0.2, 0) is 13.1 Å². The molecule has 0 fully saturated rings. The summed E-state index contributed by atoms with van der Waals surface area (Å²) in [5.41, 5.74) is 6.86. The van der Waals surface area contributed by atoms with E-state index in [1.54, 1.807) is 0 Å². The van der Waals surface area contributed by atoms with Crippen molar-refractivity contribution in [3.05, 3.63) is 48.1 Å². The number of hydrogen-bond acceptors (Lipinski definition) is 5. The van der Waals surface area contributed by atoms with E-state index in [1.807, 2.05) is 18.2 Å². The molecule has 0 radical (unpaired) electrons. The first-order chi connectivity index (χ1) is 8.38. The van der Waals surface area contributed by atoms with Crippen molar-refractivity contribution in [2.45, 2.75) is 13.1 Å². The second-order valence-electron chi connectivity index (χ2n) is 3.83. The minimum absolute atomic E-state index is 0.616. The van der Waals surface area contributed by atoms with E-state index in [0.717, 1.165) is 13.1 Å². The van der Waals surface area contributed by atoms with Crippen molar-refractivity contribution < 1.29 is 4.52 Å². The Hall–Kier alpha value is -1.72. The van der Waals surface area contributed by atoms with Gasteiger partial charge in [0.05, 0.1) is 6.54 Å². The van der Waals surface area contributed by atoms with Crippen LogP contribution in [0.5, 0.6) is 0 Å². The maximum Gasteiger partial charge on any atom is 0.213 e. The summed E-state index contributed by atoms with van der Waals surface area (Å²) >= 11 is 0. The lowest BCUT2D eigenvalue weighted by Crippen LogP contribution is -2.29. The maximum absolute atomic E-state index is 5.61. The highest BCUT2D eigenvalue weighted by molar-refractivity contribution is 5.14.